The molecule has 0 spiro atoms. The molecule has 0 unspecified atom stereocenters. The van der Waals surface area contributed by atoms with Crippen LogP contribution in [0.5, 0.6) is 0 Å². The van der Waals surface area contributed by atoms with Crippen molar-refractivity contribution in [2.24, 2.45) is 0 Å². The van der Waals surface area contributed by atoms with Crippen molar-refractivity contribution < 1.29 is 4.79 Å². The van der Waals surface area contributed by atoms with E-state index < -0.39 is 0 Å². The van der Waals surface area contributed by atoms with Gasteiger partial charge in [-0.05, 0) is 29.8 Å². The lowest BCUT2D eigenvalue weighted by atomic mass is 10.1. The Kier molecular flexibility index (Phi) is 4.86. The number of carbonyl (C=O) groups excluding carboxylic acids is 1. The van der Waals surface area contributed by atoms with Gasteiger partial charge in [-0.3, -0.25) is 4.79 Å². The summed E-state index contributed by atoms with van der Waals surface area (Å²) in [5.41, 5.74) is 2.07. The van der Waals surface area contributed by atoms with Crippen molar-refractivity contribution in [1.82, 2.24) is 0 Å². The number of carbonyl (C=O) groups is 1. The molecule has 98 valence electrons. The van der Waals surface area contributed by atoms with Gasteiger partial charge in [0.1, 0.15) is 0 Å². The first-order chi connectivity index (χ1) is 9.10. The van der Waals surface area contributed by atoms with Gasteiger partial charge < -0.3 is 5.32 Å². The standard InChI is InChI=1S/C14H10BrCl2NO/c15-11-5-10(6-12(17)7-11)14(19)18-13-4-2-1-3-9(13)8-16/h1-7H,8H2,(H,18,19). The minimum Gasteiger partial charge on any atom is -0.322 e. The van der Waals surface area contributed by atoms with Crippen LogP contribution in [0.1, 0.15) is 15.9 Å². The van der Waals surface area contributed by atoms with Gasteiger partial charge >= 0.3 is 0 Å². The molecule has 0 heterocycles. The summed E-state index contributed by atoms with van der Waals surface area (Å²) >= 11 is 15.1. The van der Waals surface area contributed by atoms with Gasteiger partial charge in [0.2, 0.25) is 0 Å². The molecule has 0 aromatic heterocycles. The number of nitrogens with one attached hydrogen (secondary N) is 1. The normalized spacial score (nSPS) is 10.3. The van der Waals surface area contributed by atoms with E-state index in [1.165, 1.54) is 0 Å². The number of alkyl halides is 1. The highest BCUT2D eigenvalue weighted by molar-refractivity contribution is 9.10. The number of halogens is 3. The molecule has 2 nitrogen and oxygen atoms in total. The van der Waals surface area contributed by atoms with Crippen molar-refractivity contribution in [3.8, 4) is 0 Å². The van der Waals surface area contributed by atoms with Gasteiger partial charge in [0.05, 0.1) is 0 Å². The summed E-state index contributed by atoms with van der Waals surface area (Å²) < 4.78 is 0.760. The van der Waals surface area contributed by atoms with Crippen molar-refractivity contribution in [1.29, 1.82) is 0 Å². The van der Waals surface area contributed by atoms with Gasteiger partial charge in [-0.2, -0.15) is 0 Å². The van der Waals surface area contributed by atoms with Crippen LogP contribution in [0.15, 0.2) is 46.9 Å². The van der Waals surface area contributed by atoms with E-state index in [2.05, 4.69) is 21.2 Å². The third kappa shape index (κ3) is 3.72. The molecule has 0 saturated carbocycles. The Balaban J connectivity index is 2.25. The van der Waals surface area contributed by atoms with Crippen molar-refractivity contribution in [3.05, 3.63) is 63.1 Å². The number of rotatable bonds is 3. The summed E-state index contributed by atoms with van der Waals surface area (Å²) in [6, 6.07) is 12.5. The molecule has 0 fully saturated rings. The highest BCUT2D eigenvalue weighted by Gasteiger charge is 2.10. The summed E-state index contributed by atoms with van der Waals surface area (Å²) in [6.07, 6.45) is 0. The van der Waals surface area contributed by atoms with Gasteiger partial charge in [0.25, 0.3) is 5.91 Å². The molecular weight excluding hydrogens is 349 g/mol. The van der Waals surface area contributed by atoms with Crippen LogP contribution in [0, 0.1) is 0 Å². The monoisotopic (exact) mass is 357 g/mol. The Bertz CT molecular complexity index is 596. The zero-order valence-electron chi connectivity index (χ0n) is 9.79. The van der Waals surface area contributed by atoms with E-state index in [9.17, 15) is 4.79 Å². The van der Waals surface area contributed by atoms with Gasteiger partial charge in [-0.15, -0.1) is 11.6 Å². The maximum absolute atomic E-state index is 12.2. The van der Waals surface area contributed by atoms with E-state index in [1.807, 2.05) is 24.3 Å². The first kappa shape index (κ1) is 14.4. The summed E-state index contributed by atoms with van der Waals surface area (Å²) in [6.45, 7) is 0. The predicted octanol–water partition coefficient (Wildman–Crippen LogP) is 5.09. The Morgan fingerprint density at radius 2 is 1.95 bits per heavy atom. The molecule has 19 heavy (non-hydrogen) atoms. The second-order valence-electron chi connectivity index (χ2n) is 3.90. The summed E-state index contributed by atoms with van der Waals surface area (Å²) in [7, 11) is 0. The van der Waals surface area contributed by atoms with E-state index in [0.717, 1.165) is 10.0 Å². The lowest BCUT2D eigenvalue weighted by Crippen LogP contribution is -2.13. The van der Waals surface area contributed by atoms with E-state index in [4.69, 9.17) is 23.2 Å². The van der Waals surface area contributed by atoms with E-state index >= 15 is 0 Å². The van der Waals surface area contributed by atoms with Gasteiger partial charge in [0.15, 0.2) is 0 Å². The number of hydrogen-bond acceptors (Lipinski definition) is 1. The number of anilines is 1. The fourth-order valence-electron chi connectivity index (χ4n) is 1.64. The van der Waals surface area contributed by atoms with Crippen LogP contribution in [-0.4, -0.2) is 5.91 Å². The Morgan fingerprint density at radius 3 is 2.63 bits per heavy atom. The SMILES string of the molecule is O=C(Nc1ccccc1CCl)c1cc(Cl)cc(Br)c1. The average Bonchev–Trinajstić information content (AvgIpc) is 2.38. The molecule has 0 bridgehead atoms. The predicted molar refractivity (Wildman–Crippen MR) is 83.1 cm³/mol. The van der Waals surface area contributed by atoms with Crippen LogP contribution in [0.3, 0.4) is 0 Å². The van der Waals surface area contributed by atoms with E-state index in [0.29, 0.717) is 22.2 Å². The second kappa shape index (κ2) is 6.42. The van der Waals surface area contributed by atoms with Crippen LogP contribution in [-0.2, 0) is 5.88 Å². The largest absolute Gasteiger partial charge is 0.322 e. The molecule has 1 N–H and O–H groups in total. The maximum atomic E-state index is 12.2. The second-order valence-corrected chi connectivity index (χ2v) is 5.52. The number of hydrogen-bond donors (Lipinski definition) is 1. The maximum Gasteiger partial charge on any atom is 0.255 e. The lowest BCUT2D eigenvalue weighted by molar-refractivity contribution is 0.102. The molecule has 2 aromatic carbocycles. The number of amides is 1. The first-order valence-electron chi connectivity index (χ1n) is 5.51. The van der Waals surface area contributed by atoms with Crippen molar-refractivity contribution >= 4 is 50.7 Å². The average molecular weight is 359 g/mol. The highest BCUT2D eigenvalue weighted by Crippen LogP contribution is 2.22. The zero-order valence-corrected chi connectivity index (χ0v) is 12.9. The third-order valence-electron chi connectivity index (χ3n) is 2.53. The molecule has 0 aliphatic heterocycles. The van der Waals surface area contributed by atoms with Gasteiger partial charge in [-0.25, -0.2) is 0 Å². The van der Waals surface area contributed by atoms with Crippen LogP contribution in [0.4, 0.5) is 5.69 Å². The lowest BCUT2D eigenvalue weighted by Gasteiger charge is -2.09. The molecule has 0 radical (unpaired) electrons. The molecular formula is C14H10BrCl2NO. The van der Waals surface area contributed by atoms with Gasteiger partial charge in [0, 0.05) is 26.6 Å². The summed E-state index contributed by atoms with van der Waals surface area (Å²) in [5.74, 6) is 0.121. The number of para-hydroxylation sites is 1. The molecule has 5 heteroatoms. The Morgan fingerprint density at radius 1 is 1.21 bits per heavy atom. The van der Waals surface area contributed by atoms with Crippen molar-refractivity contribution in [3.63, 3.8) is 0 Å². The quantitative estimate of drug-likeness (QED) is 0.760. The van der Waals surface area contributed by atoms with E-state index in [1.54, 1.807) is 18.2 Å². The Hall–Kier alpha value is -1.03. The Labute approximate surface area is 129 Å². The van der Waals surface area contributed by atoms with Crippen molar-refractivity contribution in [2.45, 2.75) is 5.88 Å². The van der Waals surface area contributed by atoms with Crippen LogP contribution < -0.4 is 5.32 Å². The molecule has 0 aliphatic carbocycles. The molecule has 2 aromatic rings. The van der Waals surface area contributed by atoms with E-state index in [-0.39, 0.29) is 5.91 Å². The molecule has 0 atom stereocenters. The summed E-state index contributed by atoms with van der Waals surface area (Å²) in [5, 5.41) is 3.33. The summed E-state index contributed by atoms with van der Waals surface area (Å²) in [4.78, 5) is 12.2. The fourth-order valence-corrected chi connectivity index (χ4v) is 2.73. The fraction of sp³-hybridized carbons (Fsp3) is 0.0714. The topological polar surface area (TPSA) is 29.1 Å². The minimum absolute atomic E-state index is 0.222. The molecule has 0 saturated heterocycles. The van der Waals surface area contributed by atoms with Crippen molar-refractivity contribution in [2.75, 3.05) is 5.32 Å². The molecule has 1 amide bonds. The zero-order chi connectivity index (χ0) is 13.8. The van der Waals surface area contributed by atoms with Crippen LogP contribution in [0.2, 0.25) is 5.02 Å². The number of benzene rings is 2. The van der Waals surface area contributed by atoms with Crippen LogP contribution in [0.25, 0.3) is 0 Å². The molecule has 2 rings (SSSR count). The van der Waals surface area contributed by atoms with Crippen LogP contribution >= 0.6 is 39.1 Å². The highest BCUT2D eigenvalue weighted by atomic mass is 79.9. The third-order valence-corrected chi connectivity index (χ3v) is 3.50. The first-order valence-corrected chi connectivity index (χ1v) is 7.22. The smallest absolute Gasteiger partial charge is 0.255 e. The van der Waals surface area contributed by atoms with Gasteiger partial charge in [-0.1, -0.05) is 45.7 Å². The minimum atomic E-state index is -0.222. The molecule has 0 aliphatic rings.